The minimum Gasteiger partial charge on any atom is -0.465 e. The number of aromatic nitrogens is 1. The van der Waals surface area contributed by atoms with E-state index in [4.69, 9.17) is 0 Å². The number of ketones is 1. The molecule has 0 bridgehead atoms. The highest BCUT2D eigenvalue weighted by molar-refractivity contribution is 6.03. The zero-order valence-corrected chi connectivity index (χ0v) is 20.2. The Bertz CT molecular complexity index is 1250. The van der Waals surface area contributed by atoms with E-state index in [1.165, 1.54) is 11.8 Å². The minimum absolute atomic E-state index is 0.0469. The van der Waals surface area contributed by atoms with E-state index in [-0.39, 0.29) is 23.8 Å². The average molecular weight is 449 g/mol. The number of carbonyl (C=O) groups is 2. The Morgan fingerprint density at radius 1 is 1.03 bits per heavy atom. The van der Waals surface area contributed by atoms with Crippen molar-refractivity contribution < 1.29 is 14.7 Å². The van der Waals surface area contributed by atoms with Gasteiger partial charge in [-0.3, -0.25) is 14.5 Å². The molecule has 0 aliphatic carbocycles. The van der Waals surface area contributed by atoms with Crippen LogP contribution >= 0.6 is 0 Å². The SMILES string of the molecule is CC(=O)c1ccc2c(=O)n(CC(C)C)c(CN(C(=O)O)C(C)(C)C)c(-c3ccccc3)c2c1. The lowest BCUT2D eigenvalue weighted by Gasteiger charge is -2.35. The number of amides is 1. The van der Waals surface area contributed by atoms with E-state index in [1.54, 1.807) is 22.8 Å². The normalized spacial score (nSPS) is 11.7. The Labute approximate surface area is 194 Å². The van der Waals surface area contributed by atoms with Gasteiger partial charge in [0, 0.05) is 34.3 Å². The molecular weight excluding hydrogens is 416 g/mol. The molecule has 0 fully saturated rings. The number of benzene rings is 2. The van der Waals surface area contributed by atoms with Crippen molar-refractivity contribution in [3.05, 3.63) is 70.1 Å². The highest BCUT2D eigenvalue weighted by Crippen LogP contribution is 2.33. The van der Waals surface area contributed by atoms with Crippen LogP contribution in [0.2, 0.25) is 0 Å². The fraction of sp³-hybridized carbons (Fsp3) is 0.370. The zero-order valence-electron chi connectivity index (χ0n) is 20.2. The van der Waals surface area contributed by atoms with E-state index >= 15 is 0 Å². The number of carbonyl (C=O) groups excluding carboxylic acids is 1. The van der Waals surface area contributed by atoms with Crippen molar-refractivity contribution in [3.63, 3.8) is 0 Å². The van der Waals surface area contributed by atoms with Crippen LogP contribution in [0.4, 0.5) is 4.79 Å². The molecule has 6 heteroatoms. The highest BCUT2D eigenvalue weighted by atomic mass is 16.4. The van der Waals surface area contributed by atoms with Crippen LogP contribution in [0, 0.1) is 5.92 Å². The number of carboxylic acid groups (broad SMARTS) is 1. The Morgan fingerprint density at radius 3 is 2.18 bits per heavy atom. The molecule has 174 valence electrons. The van der Waals surface area contributed by atoms with E-state index in [9.17, 15) is 19.5 Å². The third-order valence-corrected chi connectivity index (χ3v) is 5.74. The van der Waals surface area contributed by atoms with Gasteiger partial charge in [-0.25, -0.2) is 4.79 Å². The first-order valence-electron chi connectivity index (χ1n) is 11.2. The molecule has 3 rings (SSSR count). The van der Waals surface area contributed by atoms with Gasteiger partial charge in [0.15, 0.2) is 5.78 Å². The Morgan fingerprint density at radius 2 is 1.67 bits per heavy atom. The molecule has 0 aliphatic rings. The zero-order chi connectivity index (χ0) is 24.5. The average Bonchev–Trinajstić information content (AvgIpc) is 2.73. The molecule has 1 aromatic heterocycles. The van der Waals surface area contributed by atoms with Crippen LogP contribution in [-0.2, 0) is 13.1 Å². The van der Waals surface area contributed by atoms with Crippen LogP contribution in [0.25, 0.3) is 21.9 Å². The van der Waals surface area contributed by atoms with Gasteiger partial charge >= 0.3 is 6.09 Å². The third-order valence-electron chi connectivity index (χ3n) is 5.74. The molecule has 33 heavy (non-hydrogen) atoms. The summed E-state index contributed by atoms with van der Waals surface area (Å²) in [7, 11) is 0. The van der Waals surface area contributed by atoms with Gasteiger partial charge in [0.2, 0.25) is 0 Å². The summed E-state index contributed by atoms with van der Waals surface area (Å²) in [4.78, 5) is 39.4. The van der Waals surface area contributed by atoms with Crippen LogP contribution in [0.5, 0.6) is 0 Å². The molecule has 0 aliphatic heterocycles. The highest BCUT2D eigenvalue weighted by Gasteiger charge is 2.30. The third kappa shape index (κ3) is 5.00. The first kappa shape index (κ1) is 24.2. The molecule has 0 radical (unpaired) electrons. The molecule has 1 heterocycles. The van der Waals surface area contributed by atoms with Crippen LogP contribution in [0.1, 0.15) is 57.6 Å². The van der Waals surface area contributed by atoms with Crippen molar-refractivity contribution in [2.75, 3.05) is 0 Å². The van der Waals surface area contributed by atoms with Crippen LogP contribution in [0.3, 0.4) is 0 Å². The molecule has 0 saturated carbocycles. The van der Waals surface area contributed by atoms with Gasteiger partial charge in [-0.15, -0.1) is 0 Å². The van der Waals surface area contributed by atoms with Gasteiger partial charge < -0.3 is 9.67 Å². The summed E-state index contributed by atoms with van der Waals surface area (Å²) in [6.07, 6.45) is -1.05. The summed E-state index contributed by atoms with van der Waals surface area (Å²) < 4.78 is 1.71. The standard InChI is InChI=1S/C27H32N2O4/c1-17(2)15-28-23(16-29(26(32)33)27(4,5)6)24(19-10-8-7-9-11-19)22-14-20(18(3)30)12-13-21(22)25(28)31/h7-14,17H,15-16H2,1-6H3,(H,32,33). The molecule has 0 unspecified atom stereocenters. The number of hydrogen-bond acceptors (Lipinski definition) is 3. The number of rotatable bonds is 6. The van der Waals surface area contributed by atoms with Crippen LogP contribution < -0.4 is 5.56 Å². The van der Waals surface area contributed by atoms with Gasteiger partial charge in [0.1, 0.15) is 0 Å². The molecule has 0 saturated heterocycles. The Balaban J connectivity index is 2.50. The first-order valence-corrected chi connectivity index (χ1v) is 11.2. The van der Waals surface area contributed by atoms with Crippen molar-refractivity contribution >= 4 is 22.6 Å². The van der Waals surface area contributed by atoms with Gasteiger partial charge in [-0.1, -0.05) is 50.2 Å². The fourth-order valence-electron chi connectivity index (χ4n) is 4.11. The predicted octanol–water partition coefficient (Wildman–Crippen LogP) is 5.81. The predicted molar refractivity (Wildman–Crippen MR) is 132 cm³/mol. The molecule has 1 amide bonds. The molecule has 1 N–H and O–H groups in total. The topological polar surface area (TPSA) is 79.6 Å². The number of fused-ring (bicyclic) bond motifs is 1. The Hall–Kier alpha value is -3.41. The first-order chi connectivity index (χ1) is 15.4. The van der Waals surface area contributed by atoms with Crippen LogP contribution in [-0.4, -0.2) is 32.0 Å². The summed E-state index contributed by atoms with van der Waals surface area (Å²) in [6.45, 7) is 11.6. The lowest BCUT2D eigenvalue weighted by Crippen LogP contribution is -2.45. The van der Waals surface area contributed by atoms with E-state index in [2.05, 4.69) is 0 Å². The summed E-state index contributed by atoms with van der Waals surface area (Å²) in [5, 5.41) is 11.2. The van der Waals surface area contributed by atoms with Crippen molar-refractivity contribution in [1.29, 1.82) is 0 Å². The van der Waals surface area contributed by atoms with Crippen molar-refractivity contribution in [3.8, 4) is 11.1 Å². The van der Waals surface area contributed by atoms with E-state index in [0.29, 0.717) is 28.6 Å². The van der Waals surface area contributed by atoms with E-state index in [1.807, 2.05) is 65.0 Å². The van der Waals surface area contributed by atoms with Crippen molar-refractivity contribution in [2.24, 2.45) is 5.92 Å². The fourth-order valence-corrected chi connectivity index (χ4v) is 4.11. The quantitative estimate of drug-likeness (QED) is 0.483. The number of nitrogens with zero attached hydrogens (tertiary/aromatic N) is 2. The smallest absolute Gasteiger partial charge is 0.408 e. The second-order valence-electron chi connectivity index (χ2n) is 9.85. The van der Waals surface area contributed by atoms with Gasteiger partial charge in [0.25, 0.3) is 5.56 Å². The molecule has 2 aromatic carbocycles. The number of pyridine rings is 1. The second-order valence-corrected chi connectivity index (χ2v) is 9.85. The van der Waals surface area contributed by atoms with Crippen molar-refractivity contribution in [2.45, 2.75) is 60.2 Å². The minimum atomic E-state index is -1.05. The monoisotopic (exact) mass is 448 g/mol. The summed E-state index contributed by atoms with van der Waals surface area (Å²) in [5.41, 5.74) is 1.94. The van der Waals surface area contributed by atoms with Gasteiger partial charge in [-0.05, 0) is 56.7 Å². The number of hydrogen-bond donors (Lipinski definition) is 1. The molecule has 6 nitrogen and oxygen atoms in total. The molecule has 0 spiro atoms. The van der Waals surface area contributed by atoms with E-state index in [0.717, 1.165) is 11.1 Å². The van der Waals surface area contributed by atoms with Crippen molar-refractivity contribution in [1.82, 2.24) is 9.47 Å². The lowest BCUT2D eigenvalue weighted by atomic mass is 9.93. The lowest BCUT2D eigenvalue weighted by molar-refractivity contribution is 0.0936. The number of Topliss-reactive ketones (excluding diaryl/α,β-unsaturated/α-hetero) is 1. The second kappa shape index (κ2) is 9.22. The van der Waals surface area contributed by atoms with Gasteiger partial charge in [0.05, 0.1) is 6.54 Å². The molecule has 0 atom stereocenters. The maximum Gasteiger partial charge on any atom is 0.408 e. The Kier molecular flexibility index (Phi) is 6.77. The summed E-state index contributed by atoms with van der Waals surface area (Å²) in [6, 6.07) is 14.8. The van der Waals surface area contributed by atoms with E-state index < -0.39 is 11.6 Å². The molecule has 3 aromatic rings. The van der Waals surface area contributed by atoms with Gasteiger partial charge in [-0.2, -0.15) is 0 Å². The maximum absolute atomic E-state index is 13.7. The van der Waals surface area contributed by atoms with Crippen LogP contribution in [0.15, 0.2) is 53.3 Å². The molecular formula is C27H32N2O4. The summed E-state index contributed by atoms with van der Waals surface area (Å²) in [5.74, 6) is 0.0811. The summed E-state index contributed by atoms with van der Waals surface area (Å²) >= 11 is 0. The largest absolute Gasteiger partial charge is 0.465 e. The maximum atomic E-state index is 13.7.